The number of aryl methyl sites for hydroxylation is 1. The van der Waals surface area contributed by atoms with Crippen molar-refractivity contribution in [1.82, 2.24) is 14.7 Å². The number of aliphatic hydroxyl groups is 1. The Bertz CT molecular complexity index is 1110. The number of halogens is 2. The van der Waals surface area contributed by atoms with Crippen LogP contribution in [0, 0.1) is 18.6 Å². The molecular formula is C27H35F2N3O3. The minimum absolute atomic E-state index is 0.0618. The van der Waals surface area contributed by atoms with Crippen molar-refractivity contribution in [2.24, 2.45) is 0 Å². The first kappa shape index (κ1) is 26.8. The molecule has 190 valence electrons. The van der Waals surface area contributed by atoms with Crippen molar-refractivity contribution >= 4 is 0 Å². The predicted molar refractivity (Wildman–Crippen MR) is 132 cm³/mol. The Labute approximate surface area is 206 Å². The molecule has 0 saturated heterocycles. The molecule has 8 heteroatoms. The Morgan fingerprint density at radius 1 is 1.06 bits per heavy atom. The third-order valence-electron chi connectivity index (χ3n) is 5.50. The Morgan fingerprint density at radius 3 is 2.31 bits per heavy atom. The fourth-order valence-corrected chi connectivity index (χ4v) is 3.54. The van der Waals surface area contributed by atoms with Crippen LogP contribution in [0.2, 0.25) is 0 Å². The summed E-state index contributed by atoms with van der Waals surface area (Å²) in [4.78, 5) is 2.09. The van der Waals surface area contributed by atoms with E-state index in [4.69, 9.17) is 9.47 Å². The molecule has 0 saturated carbocycles. The average molecular weight is 488 g/mol. The lowest BCUT2D eigenvalue weighted by atomic mass is 10.1. The Morgan fingerprint density at radius 2 is 1.71 bits per heavy atom. The van der Waals surface area contributed by atoms with Crippen LogP contribution in [-0.4, -0.2) is 50.7 Å². The molecule has 0 spiro atoms. The van der Waals surface area contributed by atoms with E-state index in [0.717, 1.165) is 5.56 Å². The summed E-state index contributed by atoms with van der Waals surface area (Å²) in [7, 11) is 0. The lowest BCUT2D eigenvalue weighted by Crippen LogP contribution is -2.40. The molecule has 0 fully saturated rings. The van der Waals surface area contributed by atoms with Gasteiger partial charge in [0.2, 0.25) is 5.88 Å². The van der Waals surface area contributed by atoms with Gasteiger partial charge in [-0.1, -0.05) is 12.1 Å². The van der Waals surface area contributed by atoms with E-state index in [1.54, 1.807) is 35.0 Å². The fourth-order valence-electron chi connectivity index (χ4n) is 3.54. The molecule has 0 aliphatic heterocycles. The van der Waals surface area contributed by atoms with Crippen LogP contribution in [-0.2, 0) is 11.3 Å². The SMILES string of the molecule is Cc1nn(-c2ccc(F)cc2)c(Oc2ccccc2F)c1CN(C[C@H](O)COC(C)(C)C)C(C)C. The van der Waals surface area contributed by atoms with Gasteiger partial charge in [0.1, 0.15) is 5.82 Å². The van der Waals surface area contributed by atoms with Gasteiger partial charge in [0.25, 0.3) is 0 Å². The van der Waals surface area contributed by atoms with E-state index in [2.05, 4.69) is 10.00 Å². The number of hydrogen-bond acceptors (Lipinski definition) is 5. The zero-order valence-electron chi connectivity index (χ0n) is 21.3. The van der Waals surface area contributed by atoms with Crippen molar-refractivity contribution in [3.05, 3.63) is 71.4 Å². The normalized spacial score (nSPS) is 13.0. The largest absolute Gasteiger partial charge is 0.435 e. The zero-order chi connectivity index (χ0) is 25.8. The smallest absolute Gasteiger partial charge is 0.227 e. The van der Waals surface area contributed by atoms with Gasteiger partial charge in [0.15, 0.2) is 11.6 Å². The first-order valence-electron chi connectivity index (χ1n) is 11.8. The number of hydrogen-bond donors (Lipinski definition) is 1. The summed E-state index contributed by atoms with van der Waals surface area (Å²) in [5, 5.41) is 15.3. The van der Waals surface area contributed by atoms with Gasteiger partial charge in [0, 0.05) is 19.1 Å². The van der Waals surface area contributed by atoms with Crippen LogP contribution >= 0.6 is 0 Å². The lowest BCUT2D eigenvalue weighted by molar-refractivity contribution is -0.0587. The molecule has 1 aromatic heterocycles. The van der Waals surface area contributed by atoms with Crippen LogP contribution in [0.4, 0.5) is 8.78 Å². The van der Waals surface area contributed by atoms with Gasteiger partial charge in [0.05, 0.1) is 35.3 Å². The second-order valence-corrected chi connectivity index (χ2v) is 9.89. The monoisotopic (exact) mass is 487 g/mol. The van der Waals surface area contributed by atoms with Gasteiger partial charge in [-0.05, 0) is 77.9 Å². The molecule has 0 aliphatic carbocycles. The molecule has 0 unspecified atom stereocenters. The number of benzene rings is 2. The maximum absolute atomic E-state index is 14.5. The highest BCUT2D eigenvalue weighted by Crippen LogP contribution is 2.33. The molecule has 1 heterocycles. The molecule has 3 rings (SSSR count). The van der Waals surface area contributed by atoms with Gasteiger partial charge < -0.3 is 14.6 Å². The second kappa shape index (κ2) is 11.3. The summed E-state index contributed by atoms with van der Waals surface area (Å²) in [5.74, 6) is -0.470. The number of rotatable bonds is 10. The summed E-state index contributed by atoms with van der Waals surface area (Å²) in [6, 6.07) is 12.1. The number of aromatic nitrogens is 2. The Hall–Kier alpha value is -2.81. The van der Waals surface area contributed by atoms with Crippen molar-refractivity contribution < 1.29 is 23.4 Å². The maximum Gasteiger partial charge on any atom is 0.227 e. The highest BCUT2D eigenvalue weighted by Gasteiger charge is 2.25. The molecule has 0 amide bonds. The third kappa shape index (κ3) is 7.34. The summed E-state index contributed by atoms with van der Waals surface area (Å²) in [5.41, 5.74) is 1.67. The van der Waals surface area contributed by atoms with Gasteiger partial charge in [-0.15, -0.1) is 0 Å². The molecule has 0 aliphatic rings. The van der Waals surface area contributed by atoms with Gasteiger partial charge in [-0.2, -0.15) is 5.10 Å². The molecule has 3 aromatic rings. The minimum Gasteiger partial charge on any atom is -0.435 e. The van der Waals surface area contributed by atoms with E-state index in [0.29, 0.717) is 30.4 Å². The van der Waals surface area contributed by atoms with E-state index < -0.39 is 11.9 Å². The number of aliphatic hydroxyl groups excluding tert-OH is 1. The number of ether oxygens (including phenoxy) is 2. The van der Waals surface area contributed by atoms with E-state index in [1.807, 2.05) is 41.5 Å². The quantitative estimate of drug-likeness (QED) is 0.401. The summed E-state index contributed by atoms with van der Waals surface area (Å²) in [6.07, 6.45) is -0.694. The summed E-state index contributed by atoms with van der Waals surface area (Å²) in [6.45, 7) is 12.7. The summed E-state index contributed by atoms with van der Waals surface area (Å²) >= 11 is 0. The minimum atomic E-state index is -0.694. The Balaban J connectivity index is 1.96. The summed E-state index contributed by atoms with van der Waals surface area (Å²) < 4.78 is 41.4. The topological polar surface area (TPSA) is 59.8 Å². The molecular weight excluding hydrogens is 452 g/mol. The van der Waals surface area contributed by atoms with Crippen molar-refractivity contribution in [3.8, 4) is 17.3 Å². The maximum atomic E-state index is 14.5. The van der Waals surface area contributed by atoms with Gasteiger partial charge in [-0.3, -0.25) is 4.90 Å². The van der Waals surface area contributed by atoms with Crippen LogP contribution in [0.15, 0.2) is 48.5 Å². The first-order chi connectivity index (χ1) is 16.4. The van der Waals surface area contributed by atoms with Crippen molar-refractivity contribution in [3.63, 3.8) is 0 Å². The second-order valence-electron chi connectivity index (χ2n) is 9.89. The molecule has 6 nitrogen and oxygen atoms in total. The van der Waals surface area contributed by atoms with E-state index in [9.17, 15) is 13.9 Å². The van der Waals surface area contributed by atoms with E-state index in [-0.39, 0.29) is 29.8 Å². The molecule has 35 heavy (non-hydrogen) atoms. The number of para-hydroxylation sites is 1. The van der Waals surface area contributed by atoms with Gasteiger partial charge >= 0.3 is 0 Å². The zero-order valence-corrected chi connectivity index (χ0v) is 21.3. The van der Waals surface area contributed by atoms with Crippen LogP contribution in [0.1, 0.15) is 45.9 Å². The highest BCUT2D eigenvalue weighted by atomic mass is 19.1. The fraction of sp³-hybridized carbons (Fsp3) is 0.444. The van der Waals surface area contributed by atoms with Crippen LogP contribution < -0.4 is 4.74 Å². The molecule has 1 N–H and O–H groups in total. The van der Waals surface area contributed by atoms with Crippen LogP contribution in [0.3, 0.4) is 0 Å². The third-order valence-corrected chi connectivity index (χ3v) is 5.50. The molecule has 0 radical (unpaired) electrons. The van der Waals surface area contributed by atoms with Gasteiger partial charge in [-0.25, -0.2) is 13.5 Å². The molecule has 1 atom stereocenters. The average Bonchev–Trinajstić information content (AvgIpc) is 3.08. The standard InChI is InChI=1S/C27H35F2N3O3/c1-18(2)31(15-22(33)17-34-27(4,5)6)16-23-19(3)30-32(21-13-11-20(28)12-14-21)26(23)35-25-10-8-7-9-24(25)29/h7-14,18,22,33H,15-17H2,1-6H3/t22-/m0/s1. The van der Waals surface area contributed by atoms with Crippen LogP contribution in [0.5, 0.6) is 11.6 Å². The highest BCUT2D eigenvalue weighted by molar-refractivity contribution is 5.43. The van der Waals surface area contributed by atoms with Crippen molar-refractivity contribution in [2.45, 2.75) is 65.8 Å². The molecule has 2 aromatic carbocycles. The molecule has 0 bridgehead atoms. The lowest BCUT2D eigenvalue weighted by Gasteiger charge is -2.30. The van der Waals surface area contributed by atoms with E-state index >= 15 is 0 Å². The number of nitrogens with zero attached hydrogens (tertiary/aromatic N) is 3. The van der Waals surface area contributed by atoms with Crippen molar-refractivity contribution in [1.29, 1.82) is 0 Å². The predicted octanol–water partition coefficient (Wildman–Crippen LogP) is 5.64. The van der Waals surface area contributed by atoms with E-state index in [1.165, 1.54) is 18.2 Å². The first-order valence-corrected chi connectivity index (χ1v) is 11.8. The van der Waals surface area contributed by atoms with Crippen molar-refractivity contribution in [2.75, 3.05) is 13.2 Å². The Kier molecular flexibility index (Phi) is 8.64. The van der Waals surface area contributed by atoms with Crippen LogP contribution in [0.25, 0.3) is 5.69 Å².